The van der Waals surface area contributed by atoms with Crippen molar-refractivity contribution in [2.75, 3.05) is 5.32 Å². The van der Waals surface area contributed by atoms with Gasteiger partial charge in [0.05, 0.1) is 17.0 Å². The number of para-hydroxylation sites is 1. The van der Waals surface area contributed by atoms with Crippen LogP contribution in [0.5, 0.6) is 0 Å². The van der Waals surface area contributed by atoms with E-state index in [-0.39, 0.29) is 18.0 Å². The first-order chi connectivity index (χ1) is 12.4. The van der Waals surface area contributed by atoms with Gasteiger partial charge in [0.1, 0.15) is 0 Å². The normalized spacial score (nSPS) is 10.5. The van der Waals surface area contributed by atoms with Crippen LogP contribution in [0.2, 0.25) is 0 Å². The number of halogens is 1. The van der Waals surface area contributed by atoms with Gasteiger partial charge in [0.2, 0.25) is 5.91 Å². The highest BCUT2D eigenvalue weighted by atomic mass is 79.9. The van der Waals surface area contributed by atoms with Crippen molar-refractivity contribution in [3.05, 3.63) is 73.6 Å². The molecule has 0 fully saturated rings. The number of aromatic nitrogens is 1. The molecule has 1 heterocycles. The fourth-order valence-corrected chi connectivity index (χ4v) is 3.62. The third-order valence-corrected chi connectivity index (χ3v) is 5.11. The second kappa shape index (κ2) is 7.76. The van der Waals surface area contributed by atoms with Crippen LogP contribution in [0.15, 0.2) is 53.0 Å². The Kier molecular flexibility index (Phi) is 5.43. The third-order valence-electron chi connectivity index (χ3n) is 3.70. The van der Waals surface area contributed by atoms with E-state index in [0.717, 1.165) is 20.6 Å². The molecule has 8 heteroatoms. The van der Waals surface area contributed by atoms with E-state index in [1.165, 1.54) is 17.4 Å². The third kappa shape index (κ3) is 4.14. The van der Waals surface area contributed by atoms with Gasteiger partial charge in [0.25, 0.3) is 5.69 Å². The SMILES string of the molecule is Cc1sc(NC(=O)Cc2ccccc2[N+](=O)[O-])nc1-c1ccc(Br)cc1. The maximum Gasteiger partial charge on any atom is 0.273 e. The average molecular weight is 432 g/mol. The summed E-state index contributed by atoms with van der Waals surface area (Å²) >= 11 is 4.77. The van der Waals surface area contributed by atoms with E-state index in [0.29, 0.717) is 10.7 Å². The number of carbonyl (C=O) groups excluding carboxylic acids is 1. The summed E-state index contributed by atoms with van der Waals surface area (Å²) in [5.74, 6) is -0.338. The summed E-state index contributed by atoms with van der Waals surface area (Å²) in [5.41, 5.74) is 2.08. The number of nitrogens with one attached hydrogen (secondary N) is 1. The van der Waals surface area contributed by atoms with Crippen molar-refractivity contribution < 1.29 is 9.72 Å². The van der Waals surface area contributed by atoms with Gasteiger partial charge >= 0.3 is 0 Å². The largest absolute Gasteiger partial charge is 0.302 e. The van der Waals surface area contributed by atoms with Crippen LogP contribution in [0.25, 0.3) is 11.3 Å². The van der Waals surface area contributed by atoms with Crippen LogP contribution in [-0.2, 0) is 11.2 Å². The minimum Gasteiger partial charge on any atom is -0.302 e. The van der Waals surface area contributed by atoms with Gasteiger partial charge in [-0.3, -0.25) is 14.9 Å². The number of aryl methyl sites for hydroxylation is 1. The highest BCUT2D eigenvalue weighted by Gasteiger charge is 2.17. The van der Waals surface area contributed by atoms with E-state index >= 15 is 0 Å². The highest BCUT2D eigenvalue weighted by molar-refractivity contribution is 9.10. The molecule has 1 aromatic heterocycles. The number of benzene rings is 2. The molecule has 0 atom stereocenters. The van der Waals surface area contributed by atoms with Gasteiger partial charge in [0, 0.05) is 26.5 Å². The van der Waals surface area contributed by atoms with Gasteiger partial charge in [0.15, 0.2) is 5.13 Å². The fourth-order valence-electron chi connectivity index (χ4n) is 2.50. The maximum absolute atomic E-state index is 12.3. The van der Waals surface area contributed by atoms with E-state index in [4.69, 9.17) is 0 Å². The molecule has 0 unspecified atom stereocenters. The molecule has 1 amide bonds. The lowest BCUT2D eigenvalue weighted by molar-refractivity contribution is -0.385. The number of amides is 1. The summed E-state index contributed by atoms with van der Waals surface area (Å²) in [6.07, 6.45) is -0.0800. The van der Waals surface area contributed by atoms with Crippen molar-refractivity contribution >= 4 is 44.0 Å². The molecule has 3 aromatic rings. The Balaban J connectivity index is 1.76. The van der Waals surface area contributed by atoms with Crippen molar-refractivity contribution in [2.45, 2.75) is 13.3 Å². The Morgan fingerprint density at radius 3 is 2.62 bits per heavy atom. The molecule has 3 rings (SSSR count). The summed E-state index contributed by atoms with van der Waals surface area (Å²) in [6.45, 7) is 1.94. The summed E-state index contributed by atoms with van der Waals surface area (Å²) in [5, 5.41) is 14.3. The lowest BCUT2D eigenvalue weighted by Crippen LogP contribution is -2.15. The number of nitrogens with zero attached hydrogens (tertiary/aromatic N) is 2. The lowest BCUT2D eigenvalue weighted by Gasteiger charge is -2.03. The minimum atomic E-state index is -0.484. The molecular formula is C18H14BrN3O3S. The first-order valence-electron chi connectivity index (χ1n) is 7.69. The first-order valence-corrected chi connectivity index (χ1v) is 9.30. The van der Waals surface area contributed by atoms with Gasteiger partial charge in [-0.1, -0.05) is 46.3 Å². The predicted molar refractivity (Wildman–Crippen MR) is 105 cm³/mol. The van der Waals surface area contributed by atoms with Gasteiger partial charge in [-0.15, -0.1) is 11.3 Å². The number of carbonyl (C=O) groups is 1. The van der Waals surface area contributed by atoms with Crippen LogP contribution in [0.3, 0.4) is 0 Å². The summed E-state index contributed by atoms with van der Waals surface area (Å²) < 4.78 is 0.979. The quantitative estimate of drug-likeness (QED) is 0.456. The zero-order valence-corrected chi connectivity index (χ0v) is 16.1. The first kappa shape index (κ1) is 18.2. The Morgan fingerprint density at radius 1 is 1.23 bits per heavy atom. The van der Waals surface area contributed by atoms with Crippen molar-refractivity contribution in [3.63, 3.8) is 0 Å². The van der Waals surface area contributed by atoms with Gasteiger partial charge in [-0.25, -0.2) is 4.98 Å². The monoisotopic (exact) mass is 431 g/mol. The van der Waals surface area contributed by atoms with Gasteiger partial charge in [-0.2, -0.15) is 0 Å². The summed E-state index contributed by atoms with van der Waals surface area (Å²) in [4.78, 5) is 28.3. The maximum atomic E-state index is 12.3. The number of rotatable bonds is 5. The molecular weight excluding hydrogens is 418 g/mol. The molecule has 0 aliphatic carbocycles. The van der Waals surface area contributed by atoms with E-state index < -0.39 is 4.92 Å². The zero-order valence-electron chi connectivity index (χ0n) is 13.7. The Hall–Kier alpha value is -2.58. The molecule has 6 nitrogen and oxygen atoms in total. The van der Waals surface area contributed by atoms with E-state index in [1.54, 1.807) is 18.2 Å². The second-order valence-corrected chi connectivity index (χ2v) is 7.66. The number of nitro benzene ring substituents is 1. The smallest absolute Gasteiger partial charge is 0.273 e. The van der Waals surface area contributed by atoms with Crippen LogP contribution in [-0.4, -0.2) is 15.8 Å². The highest BCUT2D eigenvalue weighted by Crippen LogP contribution is 2.31. The average Bonchev–Trinajstić information content (AvgIpc) is 2.96. The molecule has 0 aliphatic rings. The molecule has 1 N–H and O–H groups in total. The molecule has 0 saturated carbocycles. The van der Waals surface area contributed by atoms with Crippen LogP contribution in [0.4, 0.5) is 10.8 Å². The van der Waals surface area contributed by atoms with Gasteiger partial charge < -0.3 is 5.32 Å². The molecule has 0 aliphatic heterocycles. The number of nitro groups is 1. The summed E-state index contributed by atoms with van der Waals surface area (Å²) in [6, 6.07) is 14.0. The topological polar surface area (TPSA) is 85.1 Å². The van der Waals surface area contributed by atoms with E-state index in [1.807, 2.05) is 31.2 Å². The van der Waals surface area contributed by atoms with E-state index in [2.05, 4.69) is 26.2 Å². The van der Waals surface area contributed by atoms with Crippen LogP contribution in [0, 0.1) is 17.0 Å². The molecule has 132 valence electrons. The number of hydrogen-bond acceptors (Lipinski definition) is 5. The van der Waals surface area contributed by atoms with Crippen LogP contribution < -0.4 is 5.32 Å². The molecule has 2 aromatic carbocycles. The van der Waals surface area contributed by atoms with Crippen molar-refractivity contribution in [1.82, 2.24) is 4.98 Å². The Morgan fingerprint density at radius 2 is 1.92 bits per heavy atom. The molecule has 0 bridgehead atoms. The van der Waals surface area contributed by atoms with Crippen LogP contribution in [0.1, 0.15) is 10.4 Å². The molecule has 0 radical (unpaired) electrons. The lowest BCUT2D eigenvalue weighted by atomic mass is 10.1. The van der Waals surface area contributed by atoms with Crippen molar-refractivity contribution in [2.24, 2.45) is 0 Å². The Bertz CT molecular complexity index is 970. The van der Waals surface area contributed by atoms with E-state index in [9.17, 15) is 14.9 Å². The number of thiazole rings is 1. The molecule has 0 saturated heterocycles. The minimum absolute atomic E-state index is 0.0616. The zero-order chi connectivity index (χ0) is 18.7. The second-order valence-electron chi connectivity index (χ2n) is 5.54. The Labute approximate surface area is 162 Å². The number of hydrogen-bond donors (Lipinski definition) is 1. The van der Waals surface area contributed by atoms with Crippen molar-refractivity contribution in [3.8, 4) is 11.3 Å². The molecule has 0 spiro atoms. The predicted octanol–water partition coefficient (Wildman–Crippen LogP) is 4.97. The van der Waals surface area contributed by atoms with Gasteiger partial charge in [-0.05, 0) is 19.1 Å². The molecule has 26 heavy (non-hydrogen) atoms. The fraction of sp³-hybridized carbons (Fsp3) is 0.111. The van der Waals surface area contributed by atoms with Crippen LogP contribution >= 0.6 is 27.3 Å². The standard InChI is InChI=1S/C18H14BrN3O3S/c1-11-17(12-6-8-14(19)9-7-12)21-18(26-11)20-16(23)10-13-4-2-3-5-15(13)22(24)25/h2-9H,10H2,1H3,(H,20,21,23). The summed E-state index contributed by atoms with van der Waals surface area (Å²) in [7, 11) is 0. The number of anilines is 1. The van der Waals surface area contributed by atoms with Crippen molar-refractivity contribution in [1.29, 1.82) is 0 Å².